The summed E-state index contributed by atoms with van der Waals surface area (Å²) in [7, 11) is 0. The van der Waals surface area contributed by atoms with Crippen LogP contribution in [0.25, 0.3) is 11.1 Å². The fraction of sp³-hybridized carbons (Fsp3) is 0.286. The SMILES string of the molecule is CC(=O)Nc1ccc(-c2ccc3c(c2)NC(=O)C2(CCN(C#N)C2)C3)cc1. The molecule has 6 nitrogen and oxygen atoms in total. The maximum atomic E-state index is 12.8. The minimum atomic E-state index is -0.496. The van der Waals surface area contributed by atoms with Crippen molar-refractivity contribution >= 4 is 23.2 Å². The van der Waals surface area contributed by atoms with E-state index in [1.54, 1.807) is 4.90 Å². The standard InChI is InChI=1S/C21H20N4O2/c1-14(26)23-18-6-4-15(5-7-18)16-2-3-17-11-21(8-9-25(12-21)13-22)20(27)24-19(17)10-16/h2-7,10H,8-9,11-12H2,1H3,(H,23,26)(H,24,27). The fourth-order valence-corrected chi connectivity index (χ4v) is 3.96. The van der Waals surface area contributed by atoms with Gasteiger partial charge in [-0.15, -0.1) is 0 Å². The average molecular weight is 360 g/mol. The van der Waals surface area contributed by atoms with E-state index in [0.717, 1.165) is 28.1 Å². The highest BCUT2D eigenvalue weighted by Crippen LogP contribution is 2.41. The van der Waals surface area contributed by atoms with Crippen molar-refractivity contribution in [1.29, 1.82) is 5.26 Å². The summed E-state index contributed by atoms with van der Waals surface area (Å²) in [5, 5.41) is 14.9. The van der Waals surface area contributed by atoms with Crippen LogP contribution in [0.3, 0.4) is 0 Å². The van der Waals surface area contributed by atoms with Gasteiger partial charge in [0.05, 0.1) is 5.41 Å². The Morgan fingerprint density at radius 1 is 1.22 bits per heavy atom. The summed E-state index contributed by atoms with van der Waals surface area (Å²) in [6.07, 6.45) is 3.52. The molecule has 0 bridgehead atoms. The number of fused-ring (bicyclic) bond motifs is 1. The highest BCUT2D eigenvalue weighted by molar-refractivity contribution is 5.99. The third-order valence-electron chi connectivity index (χ3n) is 5.40. The third-order valence-corrected chi connectivity index (χ3v) is 5.40. The van der Waals surface area contributed by atoms with E-state index in [0.29, 0.717) is 25.9 Å². The summed E-state index contributed by atoms with van der Waals surface area (Å²) in [5.74, 6) is -0.0963. The van der Waals surface area contributed by atoms with Gasteiger partial charge in [0.25, 0.3) is 0 Å². The Morgan fingerprint density at radius 2 is 1.96 bits per heavy atom. The molecule has 0 aliphatic carbocycles. The van der Waals surface area contributed by atoms with Crippen molar-refractivity contribution in [3.05, 3.63) is 48.0 Å². The van der Waals surface area contributed by atoms with Crippen molar-refractivity contribution in [2.75, 3.05) is 23.7 Å². The number of hydrogen-bond acceptors (Lipinski definition) is 4. The van der Waals surface area contributed by atoms with E-state index < -0.39 is 5.41 Å². The van der Waals surface area contributed by atoms with Crippen LogP contribution in [0, 0.1) is 16.9 Å². The third kappa shape index (κ3) is 3.13. The molecule has 2 amide bonds. The van der Waals surface area contributed by atoms with Crippen LogP contribution in [0.1, 0.15) is 18.9 Å². The Bertz CT molecular complexity index is 961. The predicted molar refractivity (Wildman–Crippen MR) is 103 cm³/mol. The van der Waals surface area contributed by atoms with Crippen LogP contribution < -0.4 is 10.6 Å². The van der Waals surface area contributed by atoms with Gasteiger partial charge in [-0.2, -0.15) is 5.26 Å². The van der Waals surface area contributed by atoms with Crippen molar-refractivity contribution in [1.82, 2.24) is 4.90 Å². The molecule has 2 aromatic rings. The summed E-state index contributed by atoms with van der Waals surface area (Å²) in [4.78, 5) is 25.5. The van der Waals surface area contributed by atoms with Crippen molar-refractivity contribution < 1.29 is 9.59 Å². The summed E-state index contributed by atoms with van der Waals surface area (Å²) < 4.78 is 0. The number of nitrogens with zero attached hydrogens (tertiary/aromatic N) is 2. The van der Waals surface area contributed by atoms with Crippen molar-refractivity contribution in [2.24, 2.45) is 5.41 Å². The number of nitriles is 1. The first-order valence-corrected chi connectivity index (χ1v) is 8.96. The van der Waals surface area contributed by atoms with Gasteiger partial charge < -0.3 is 15.5 Å². The number of rotatable bonds is 2. The topological polar surface area (TPSA) is 85.2 Å². The molecule has 2 aromatic carbocycles. The molecule has 136 valence electrons. The van der Waals surface area contributed by atoms with Gasteiger partial charge in [-0.1, -0.05) is 24.3 Å². The number of carbonyl (C=O) groups is 2. The summed E-state index contributed by atoms with van der Waals surface area (Å²) in [5.41, 5.74) is 4.21. The van der Waals surface area contributed by atoms with Crippen LogP contribution in [0.2, 0.25) is 0 Å². The van der Waals surface area contributed by atoms with E-state index in [1.807, 2.05) is 30.3 Å². The number of benzene rings is 2. The maximum Gasteiger partial charge on any atom is 0.232 e. The van der Waals surface area contributed by atoms with E-state index in [1.165, 1.54) is 6.92 Å². The Kier molecular flexibility index (Phi) is 4.08. The van der Waals surface area contributed by atoms with Crippen molar-refractivity contribution in [3.8, 4) is 17.3 Å². The molecule has 2 heterocycles. The Hall–Kier alpha value is -3.33. The first-order valence-electron chi connectivity index (χ1n) is 8.96. The lowest BCUT2D eigenvalue weighted by molar-refractivity contribution is -0.125. The maximum absolute atomic E-state index is 12.8. The average Bonchev–Trinajstić information content (AvgIpc) is 3.07. The summed E-state index contributed by atoms with van der Waals surface area (Å²) in [6, 6.07) is 13.7. The van der Waals surface area contributed by atoms with E-state index >= 15 is 0 Å². The van der Waals surface area contributed by atoms with Gasteiger partial charge in [-0.25, -0.2) is 0 Å². The van der Waals surface area contributed by atoms with Crippen LogP contribution in [-0.4, -0.2) is 29.8 Å². The molecule has 1 fully saturated rings. The first-order chi connectivity index (χ1) is 13.0. The highest BCUT2D eigenvalue weighted by atomic mass is 16.2. The van der Waals surface area contributed by atoms with Crippen molar-refractivity contribution in [2.45, 2.75) is 19.8 Å². The zero-order valence-corrected chi connectivity index (χ0v) is 15.1. The smallest absolute Gasteiger partial charge is 0.232 e. The molecule has 0 saturated carbocycles. The lowest BCUT2D eigenvalue weighted by Gasteiger charge is -2.33. The number of anilines is 2. The quantitative estimate of drug-likeness (QED) is 0.806. The number of likely N-dealkylation sites (tertiary alicyclic amines) is 1. The Morgan fingerprint density at radius 3 is 2.63 bits per heavy atom. The lowest BCUT2D eigenvalue weighted by atomic mass is 9.76. The van der Waals surface area contributed by atoms with Crippen molar-refractivity contribution in [3.63, 3.8) is 0 Å². The van der Waals surface area contributed by atoms with E-state index in [9.17, 15) is 9.59 Å². The molecule has 2 N–H and O–H groups in total. The van der Waals surface area contributed by atoms with Gasteiger partial charge in [0, 0.05) is 31.4 Å². The molecule has 0 aromatic heterocycles. The Balaban J connectivity index is 1.59. The fourth-order valence-electron chi connectivity index (χ4n) is 3.96. The molecule has 1 spiro atoms. The molecule has 0 radical (unpaired) electrons. The molecular weight excluding hydrogens is 340 g/mol. The van der Waals surface area contributed by atoms with Gasteiger partial charge in [-0.3, -0.25) is 9.59 Å². The van der Waals surface area contributed by atoms with E-state index in [2.05, 4.69) is 29.0 Å². The minimum Gasteiger partial charge on any atom is -0.326 e. The monoisotopic (exact) mass is 360 g/mol. The molecule has 4 rings (SSSR count). The molecular formula is C21H20N4O2. The minimum absolute atomic E-state index is 0.00547. The number of carbonyl (C=O) groups excluding carboxylic acids is 2. The lowest BCUT2D eigenvalue weighted by Crippen LogP contribution is -2.43. The van der Waals surface area contributed by atoms with Crippen LogP contribution in [0.15, 0.2) is 42.5 Å². The van der Waals surface area contributed by atoms with Gasteiger partial charge in [0.1, 0.15) is 0 Å². The number of nitrogens with one attached hydrogen (secondary N) is 2. The molecule has 2 aliphatic rings. The molecule has 2 aliphatic heterocycles. The van der Waals surface area contributed by atoms with Crippen LogP contribution in [0.5, 0.6) is 0 Å². The Labute approximate surface area is 157 Å². The first kappa shape index (κ1) is 17.1. The van der Waals surface area contributed by atoms with Crippen LogP contribution in [-0.2, 0) is 16.0 Å². The number of amides is 2. The van der Waals surface area contributed by atoms with Gasteiger partial charge >= 0.3 is 0 Å². The second-order valence-corrected chi connectivity index (χ2v) is 7.31. The molecule has 1 atom stereocenters. The molecule has 6 heteroatoms. The normalized spacial score (nSPS) is 20.7. The summed E-state index contributed by atoms with van der Waals surface area (Å²) >= 11 is 0. The highest BCUT2D eigenvalue weighted by Gasteiger charge is 2.47. The van der Waals surface area contributed by atoms with Gasteiger partial charge in [-0.05, 0) is 47.7 Å². The number of hydrogen-bond donors (Lipinski definition) is 2. The molecule has 27 heavy (non-hydrogen) atoms. The zero-order valence-electron chi connectivity index (χ0n) is 15.1. The van der Waals surface area contributed by atoms with E-state index in [-0.39, 0.29) is 11.8 Å². The predicted octanol–water partition coefficient (Wildman–Crippen LogP) is 2.98. The van der Waals surface area contributed by atoms with Gasteiger partial charge in [0.2, 0.25) is 11.8 Å². The van der Waals surface area contributed by atoms with Crippen LogP contribution in [0.4, 0.5) is 11.4 Å². The second-order valence-electron chi connectivity index (χ2n) is 7.31. The van der Waals surface area contributed by atoms with E-state index in [4.69, 9.17) is 5.26 Å². The van der Waals surface area contributed by atoms with Crippen LogP contribution >= 0.6 is 0 Å². The molecule has 1 unspecified atom stereocenters. The van der Waals surface area contributed by atoms with Gasteiger partial charge in [0.15, 0.2) is 6.19 Å². The second kappa shape index (κ2) is 6.44. The molecule has 1 saturated heterocycles. The zero-order chi connectivity index (χ0) is 19.0. The summed E-state index contributed by atoms with van der Waals surface area (Å²) in [6.45, 7) is 2.60. The largest absolute Gasteiger partial charge is 0.326 e.